The summed E-state index contributed by atoms with van der Waals surface area (Å²) in [5, 5.41) is 8.65. The second kappa shape index (κ2) is 6.78. The molecule has 2 fully saturated rings. The van der Waals surface area contributed by atoms with Gasteiger partial charge in [-0.25, -0.2) is 4.79 Å². The number of anilines is 1. The van der Waals surface area contributed by atoms with E-state index >= 15 is 0 Å². The van der Waals surface area contributed by atoms with Gasteiger partial charge in [0, 0.05) is 18.2 Å². The monoisotopic (exact) mass is 316 g/mol. The second-order valence-electron chi connectivity index (χ2n) is 5.88. The molecule has 4 amide bonds. The van der Waals surface area contributed by atoms with Crippen LogP contribution < -0.4 is 16.0 Å². The molecule has 0 aromatic heterocycles. The van der Waals surface area contributed by atoms with E-state index in [2.05, 4.69) is 16.0 Å². The minimum Gasteiger partial charge on any atom is -0.329 e. The summed E-state index contributed by atoms with van der Waals surface area (Å²) in [6, 6.07) is 7.10. The lowest BCUT2D eigenvalue weighted by atomic mass is 10.1. The average molecular weight is 316 g/mol. The van der Waals surface area contributed by atoms with Gasteiger partial charge >= 0.3 is 6.03 Å². The van der Waals surface area contributed by atoms with Crippen LogP contribution in [-0.2, 0) is 16.1 Å². The first-order chi connectivity index (χ1) is 11.1. The van der Waals surface area contributed by atoms with Crippen LogP contribution in [-0.4, -0.2) is 41.9 Å². The minimum atomic E-state index is -0.378. The highest BCUT2D eigenvalue weighted by Gasteiger charge is 2.28. The van der Waals surface area contributed by atoms with Crippen LogP contribution in [0.2, 0.25) is 0 Å². The van der Waals surface area contributed by atoms with Crippen molar-refractivity contribution in [3.8, 4) is 0 Å². The molecule has 1 aromatic carbocycles. The lowest BCUT2D eigenvalue weighted by Crippen LogP contribution is -2.30. The maximum Gasteiger partial charge on any atom is 0.324 e. The van der Waals surface area contributed by atoms with Crippen molar-refractivity contribution in [2.24, 2.45) is 0 Å². The Labute approximate surface area is 134 Å². The predicted octanol–water partition coefficient (Wildman–Crippen LogP) is 0.819. The largest absolute Gasteiger partial charge is 0.329 e. The van der Waals surface area contributed by atoms with Gasteiger partial charge in [-0.2, -0.15) is 0 Å². The van der Waals surface area contributed by atoms with Crippen molar-refractivity contribution >= 4 is 23.5 Å². The van der Waals surface area contributed by atoms with Gasteiger partial charge in [0.25, 0.3) is 0 Å². The molecule has 122 valence electrons. The van der Waals surface area contributed by atoms with Crippen molar-refractivity contribution in [3.05, 3.63) is 29.8 Å². The Kier molecular flexibility index (Phi) is 4.57. The van der Waals surface area contributed by atoms with Crippen LogP contribution in [0.3, 0.4) is 0 Å². The van der Waals surface area contributed by atoms with Crippen LogP contribution in [0.15, 0.2) is 24.3 Å². The molecule has 0 spiro atoms. The zero-order valence-electron chi connectivity index (χ0n) is 12.8. The number of nitrogens with zero attached hydrogens (tertiary/aromatic N) is 1. The van der Waals surface area contributed by atoms with Crippen molar-refractivity contribution in [3.63, 3.8) is 0 Å². The van der Waals surface area contributed by atoms with Crippen LogP contribution in [0.5, 0.6) is 0 Å². The molecular weight excluding hydrogens is 296 g/mol. The summed E-state index contributed by atoms with van der Waals surface area (Å²) in [4.78, 5) is 36.4. The Morgan fingerprint density at radius 2 is 2.22 bits per heavy atom. The van der Waals surface area contributed by atoms with Crippen molar-refractivity contribution in [2.45, 2.75) is 31.8 Å². The van der Waals surface area contributed by atoms with E-state index in [1.165, 1.54) is 4.90 Å². The topological polar surface area (TPSA) is 90.5 Å². The number of nitrogens with one attached hydrogen (secondary N) is 3. The Balaban J connectivity index is 1.59. The number of urea groups is 1. The smallest absolute Gasteiger partial charge is 0.324 e. The Hall–Kier alpha value is -2.41. The number of hydrogen-bond donors (Lipinski definition) is 3. The molecule has 2 heterocycles. The van der Waals surface area contributed by atoms with Gasteiger partial charge in [0.05, 0.1) is 13.1 Å². The number of amides is 4. The predicted molar refractivity (Wildman–Crippen MR) is 84.7 cm³/mol. The van der Waals surface area contributed by atoms with Gasteiger partial charge in [0.2, 0.25) is 11.8 Å². The number of benzene rings is 1. The SMILES string of the molecule is O=C(CC1CCCN1)Nc1cccc(CN2C(=O)CNC2=O)c1. The molecule has 1 aromatic rings. The maximum atomic E-state index is 12.0. The summed E-state index contributed by atoms with van der Waals surface area (Å²) in [7, 11) is 0. The number of carbonyl (C=O) groups is 3. The fourth-order valence-electron chi connectivity index (χ4n) is 2.91. The summed E-state index contributed by atoms with van der Waals surface area (Å²) >= 11 is 0. The van der Waals surface area contributed by atoms with Crippen LogP contribution in [0.4, 0.5) is 10.5 Å². The standard InChI is InChI=1S/C16H20N4O3/c21-14(8-12-5-2-6-17-12)19-13-4-1-3-11(7-13)10-20-15(22)9-18-16(20)23/h1,3-4,7,12,17H,2,5-6,8-10H2,(H,18,23)(H,19,21). The first-order valence-corrected chi connectivity index (χ1v) is 7.82. The highest BCUT2D eigenvalue weighted by atomic mass is 16.2. The number of carbonyl (C=O) groups excluding carboxylic acids is 3. The Morgan fingerprint density at radius 3 is 2.91 bits per heavy atom. The van der Waals surface area contributed by atoms with Crippen molar-refractivity contribution in [1.29, 1.82) is 0 Å². The minimum absolute atomic E-state index is 0.0310. The molecule has 1 unspecified atom stereocenters. The van der Waals surface area contributed by atoms with Crippen molar-refractivity contribution in [1.82, 2.24) is 15.5 Å². The molecule has 2 saturated heterocycles. The Morgan fingerprint density at radius 1 is 1.35 bits per heavy atom. The molecule has 2 aliphatic rings. The molecule has 7 nitrogen and oxygen atoms in total. The van der Waals surface area contributed by atoms with Crippen LogP contribution in [0.1, 0.15) is 24.8 Å². The highest BCUT2D eigenvalue weighted by molar-refractivity contribution is 6.01. The number of imide groups is 1. The van der Waals surface area contributed by atoms with E-state index in [4.69, 9.17) is 0 Å². The summed E-state index contributed by atoms with van der Waals surface area (Å²) in [6.07, 6.45) is 2.59. The first-order valence-electron chi connectivity index (χ1n) is 7.82. The van der Waals surface area contributed by atoms with Gasteiger partial charge in [0.1, 0.15) is 0 Å². The van der Waals surface area contributed by atoms with Gasteiger partial charge in [0.15, 0.2) is 0 Å². The molecule has 23 heavy (non-hydrogen) atoms. The molecular formula is C16H20N4O3. The van der Waals surface area contributed by atoms with E-state index in [-0.39, 0.29) is 37.0 Å². The van der Waals surface area contributed by atoms with E-state index in [0.29, 0.717) is 12.1 Å². The normalized spacial score (nSPS) is 20.7. The second-order valence-corrected chi connectivity index (χ2v) is 5.88. The van der Waals surface area contributed by atoms with E-state index in [0.717, 1.165) is 24.9 Å². The van der Waals surface area contributed by atoms with Crippen molar-refractivity contribution in [2.75, 3.05) is 18.4 Å². The first kappa shape index (κ1) is 15.5. The summed E-state index contributed by atoms with van der Waals surface area (Å²) in [6.45, 7) is 1.22. The van der Waals surface area contributed by atoms with Gasteiger partial charge in [-0.15, -0.1) is 0 Å². The lowest BCUT2D eigenvalue weighted by Gasteiger charge is -2.14. The summed E-state index contributed by atoms with van der Waals surface area (Å²) in [5.74, 6) is -0.270. The quantitative estimate of drug-likeness (QED) is 0.702. The van der Waals surface area contributed by atoms with Crippen LogP contribution >= 0.6 is 0 Å². The lowest BCUT2D eigenvalue weighted by molar-refractivity contribution is -0.125. The third-order valence-corrected chi connectivity index (χ3v) is 4.08. The average Bonchev–Trinajstić information content (AvgIpc) is 3.13. The zero-order valence-corrected chi connectivity index (χ0v) is 12.8. The van der Waals surface area contributed by atoms with Gasteiger partial charge < -0.3 is 16.0 Å². The summed E-state index contributed by atoms with van der Waals surface area (Å²) in [5.41, 5.74) is 1.48. The van der Waals surface area contributed by atoms with Gasteiger partial charge in [-0.05, 0) is 37.1 Å². The van der Waals surface area contributed by atoms with Crippen LogP contribution in [0.25, 0.3) is 0 Å². The zero-order chi connectivity index (χ0) is 16.2. The molecule has 1 atom stereocenters. The number of hydrogen-bond acceptors (Lipinski definition) is 4. The summed E-state index contributed by atoms with van der Waals surface area (Å²) < 4.78 is 0. The van der Waals surface area contributed by atoms with E-state index in [1.807, 2.05) is 6.07 Å². The maximum absolute atomic E-state index is 12.0. The van der Waals surface area contributed by atoms with E-state index in [1.54, 1.807) is 18.2 Å². The van der Waals surface area contributed by atoms with E-state index < -0.39 is 0 Å². The molecule has 7 heteroatoms. The molecule has 3 N–H and O–H groups in total. The fraction of sp³-hybridized carbons (Fsp3) is 0.438. The highest BCUT2D eigenvalue weighted by Crippen LogP contribution is 2.16. The van der Waals surface area contributed by atoms with Crippen molar-refractivity contribution < 1.29 is 14.4 Å². The fourth-order valence-corrected chi connectivity index (χ4v) is 2.91. The molecule has 3 rings (SSSR count). The third-order valence-electron chi connectivity index (χ3n) is 4.08. The molecule has 0 aliphatic carbocycles. The molecule has 2 aliphatic heterocycles. The molecule has 0 radical (unpaired) electrons. The molecule has 0 saturated carbocycles. The van der Waals surface area contributed by atoms with Gasteiger partial charge in [-0.3, -0.25) is 14.5 Å². The van der Waals surface area contributed by atoms with E-state index in [9.17, 15) is 14.4 Å². The number of rotatable bonds is 5. The Bertz CT molecular complexity index is 610. The molecule has 0 bridgehead atoms. The van der Waals surface area contributed by atoms with Crippen LogP contribution in [0, 0.1) is 0 Å². The van der Waals surface area contributed by atoms with Gasteiger partial charge in [-0.1, -0.05) is 12.1 Å². The third kappa shape index (κ3) is 3.87.